The SMILES string of the molecule is CNC(=O)C(C)N(Cc1ccc(Cl)cc1)C(=O)COc1ccc(C(C)C)cc1Br. The number of nitrogens with one attached hydrogen (secondary N) is 1. The molecule has 1 N–H and O–H groups in total. The highest BCUT2D eigenvalue weighted by Crippen LogP contribution is 2.29. The lowest BCUT2D eigenvalue weighted by molar-refractivity contribution is -0.142. The van der Waals surface area contributed by atoms with E-state index in [9.17, 15) is 9.59 Å². The van der Waals surface area contributed by atoms with Gasteiger partial charge in [0, 0.05) is 18.6 Å². The van der Waals surface area contributed by atoms with Crippen LogP contribution in [0.2, 0.25) is 5.02 Å². The van der Waals surface area contributed by atoms with Gasteiger partial charge < -0.3 is 15.0 Å². The van der Waals surface area contributed by atoms with Crippen molar-refractivity contribution >= 4 is 39.3 Å². The monoisotopic (exact) mass is 480 g/mol. The van der Waals surface area contributed by atoms with E-state index in [0.29, 0.717) is 16.7 Å². The lowest BCUT2D eigenvalue weighted by Gasteiger charge is -2.28. The number of nitrogens with zero attached hydrogens (tertiary/aromatic N) is 1. The van der Waals surface area contributed by atoms with E-state index in [1.54, 1.807) is 26.1 Å². The van der Waals surface area contributed by atoms with Crippen LogP contribution in [0.4, 0.5) is 0 Å². The van der Waals surface area contributed by atoms with E-state index in [1.165, 1.54) is 10.5 Å². The molecule has 0 aromatic heterocycles. The average molecular weight is 482 g/mol. The van der Waals surface area contributed by atoms with Crippen LogP contribution in [0.15, 0.2) is 46.9 Å². The Morgan fingerprint density at radius 1 is 1.14 bits per heavy atom. The van der Waals surface area contributed by atoms with E-state index in [2.05, 4.69) is 35.1 Å². The fraction of sp³-hybridized carbons (Fsp3) is 0.364. The summed E-state index contributed by atoms with van der Waals surface area (Å²) < 4.78 is 6.54. The zero-order valence-electron chi connectivity index (χ0n) is 17.0. The molecule has 0 aliphatic heterocycles. The number of benzene rings is 2. The van der Waals surface area contributed by atoms with Gasteiger partial charge in [0.05, 0.1) is 4.47 Å². The number of hydrogen-bond acceptors (Lipinski definition) is 3. The molecule has 2 rings (SSSR count). The molecule has 156 valence electrons. The molecule has 2 aromatic carbocycles. The van der Waals surface area contributed by atoms with Gasteiger partial charge in [0.15, 0.2) is 6.61 Å². The molecule has 7 heteroatoms. The van der Waals surface area contributed by atoms with Crippen molar-refractivity contribution in [2.24, 2.45) is 0 Å². The number of amides is 2. The third-order valence-electron chi connectivity index (χ3n) is 4.65. The summed E-state index contributed by atoms with van der Waals surface area (Å²) in [7, 11) is 1.55. The molecule has 1 atom stereocenters. The highest BCUT2D eigenvalue weighted by molar-refractivity contribution is 9.10. The second kappa shape index (κ2) is 10.6. The Hall–Kier alpha value is -2.05. The molecule has 2 aromatic rings. The standard InChI is InChI=1S/C22H26BrClN2O3/c1-14(2)17-7-10-20(19(23)11-17)29-13-21(27)26(15(3)22(28)25-4)12-16-5-8-18(24)9-6-16/h5-11,14-15H,12-13H2,1-4H3,(H,25,28). The van der Waals surface area contributed by atoms with E-state index in [-0.39, 0.29) is 25.0 Å². The quantitative estimate of drug-likeness (QED) is 0.591. The van der Waals surface area contributed by atoms with Crippen molar-refractivity contribution in [3.63, 3.8) is 0 Å². The Bertz CT molecular complexity index is 856. The van der Waals surface area contributed by atoms with Crippen LogP contribution in [0, 0.1) is 0 Å². The number of likely N-dealkylation sites (N-methyl/N-ethyl adjacent to an activating group) is 1. The molecular weight excluding hydrogens is 456 g/mol. The van der Waals surface area contributed by atoms with Gasteiger partial charge in [-0.3, -0.25) is 9.59 Å². The molecule has 0 aliphatic rings. The van der Waals surface area contributed by atoms with Crippen LogP contribution < -0.4 is 10.1 Å². The van der Waals surface area contributed by atoms with Crippen molar-refractivity contribution in [2.45, 2.75) is 39.3 Å². The molecule has 0 fully saturated rings. The molecule has 0 spiro atoms. The van der Waals surface area contributed by atoms with Gasteiger partial charge in [-0.1, -0.05) is 43.6 Å². The molecule has 2 amide bonds. The molecule has 5 nitrogen and oxygen atoms in total. The first kappa shape index (κ1) is 23.2. The highest BCUT2D eigenvalue weighted by atomic mass is 79.9. The number of halogens is 2. The fourth-order valence-corrected chi connectivity index (χ4v) is 3.43. The summed E-state index contributed by atoms with van der Waals surface area (Å²) in [6.07, 6.45) is 0. The molecule has 0 aliphatic carbocycles. The van der Waals surface area contributed by atoms with E-state index >= 15 is 0 Å². The smallest absolute Gasteiger partial charge is 0.261 e. The van der Waals surface area contributed by atoms with Gasteiger partial charge >= 0.3 is 0 Å². The third-order valence-corrected chi connectivity index (χ3v) is 5.53. The molecular formula is C22H26BrClN2O3. The van der Waals surface area contributed by atoms with Crippen LogP contribution in [0.3, 0.4) is 0 Å². The van der Waals surface area contributed by atoms with Crippen LogP contribution in [-0.4, -0.2) is 36.4 Å². The minimum atomic E-state index is -0.640. The van der Waals surface area contributed by atoms with Crippen molar-refractivity contribution in [3.05, 3.63) is 63.1 Å². The van der Waals surface area contributed by atoms with Crippen LogP contribution in [0.25, 0.3) is 0 Å². The number of carbonyl (C=O) groups is 2. The maximum Gasteiger partial charge on any atom is 0.261 e. The highest BCUT2D eigenvalue weighted by Gasteiger charge is 2.26. The summed E-state index contributed by atoms with van der Waals surface area (Å²) in [4.78, 5) is 26.6. The Morgan fingerprint density at radius 2 is 1.79 bits per heavy atom. The van der Waals surface area contributed by atoms with Gasteiger partial charge in [0.2, 0.25) is 5.91 Å². The first-order valence-electron chi connectivity index (χ1n) is 9.40. The Kier molecular flexibility index (Phi) is 8.53. The number of ether oxygens (including phenoxy) is 1. The molecule has 0 saturated heterocycles. The van der Waals surface area contributed by atoms with Gasteiger partial charge in [0.1, 0.15) is 11.8 Å². The van der Waals surface area contributed by atoms with E-state index in [1.807, 2.05) is 30.3 Å². The van der Waals surface area contributed by atoms with Crippen molar-refractivity contribution < 1.29 is 14.3 Å². The van der Waals surface area contributed by atoms with Crippen LogP contribution in [0.1, 0.15) is 37.8 Å². The van der Waals surface area contributed by atoms with Gasteiger partial charge in [-0.05, 0) is 64.2 Å². The van der Waals surface area contributed by atoms with Gasteiger partial charge in [0.25, 0.3) is 5.91 Å². The number of hydrogen-bond donors (Lipinski definition) is 1. The van der Waals surface area contributed by atoms with E-state index in [4.69, 9.17) is 16.3 Å². The van der Waals surface area contributed by atoms with E-state index in [0.717, 1.165) is 10.0 Å². The maximum atomic E-state index is 12.9. The fourth-order valence-electron chi connectivity index (χ4n) is 2.79. The zero-order valence-corrected chi connectivity index (χ0v) is 19.4. The van der Waals surface area contributed by atoms with Crippen LogP contribution in [0.5, 0.6) is 5.75 Å². The lowest BCUT2D eigenvalue weighted by atomic mass is 10.0. The number of rotatable bonds is 8. The first-order valence-corrected chi connectivity index (χ1v) is 10.6. The molecule has 0 bridgehead atoms. The molecule has 0 heterocycles. The lowest BCUT2D eigenvalue weighted by Crippen LogP contribution is -2.48. The van der Waals surface area contributed by atoms with Crippen LogP contribution >= 0.6 is 27.5 Å². The minimum Gasteiger partial charge on any atom is -0.483 e. The van der Waals surface area contributed by atoms with Crippen LogP contribution in [-0.2, 0) is 16.1 Å². The maximum absolute atomic E-state index is 12.9. The summed E-state index contributed by atoms with van der Waals surface area (Å²) in [6, 6.07) is 12.4. The third kappa shape index (κ3) is 6.47. The second-order valence-corrected chi connectivity index (χ2v) is 8.36. The summed E-state index contributed by atoms with van der Waals surface area (Å²) in [5, 5.41) is 3.21. The van der Waals surface area contributed by atoms with Crippen molar-refractivity contribution in [2.75, 3.05) is 13.7 Å². The largest absolute Gasteiger partial charge is 0.483 e. The van der Waals surface area contributed by atoms with E-state index < -0.39 is 6.04 Å². The molecule has 0 saturated carbocycles. The summed E-state index contributed by atoms with van der Waals surface area (Å²) >= 11 is 9.44. The van der Waals surface area contributed by atoms with Crippen molar-refractivity contribution in [1.29, 1.82) is 0 Å². The molecule has 29 heavy (non-hydrogen) atoms. The normalized spacial score (nSPS) is 11.8. The van der Waals surface area contributed by atoms with Crippen molar-refractivity contribution in [3.8, 4) is 5.75 Å². The first-order chi connectivity index (χ1) is 13.7. The summed E-state index contributed by atoms with van der Waals surface area (Å²) in [5.41, 5.74) is 2.05. The minimum absolute atomic E-state index is 0.172. The Labute approximate surface area is 185 Å². The summed E-state index contributed by atoms with van der Waals surface area (Å²) in [5.74, 6) is 0.456. The molecule has 0 radical (unpaired) electrons. The molecule has 1 unspecified atom stereocenters. The van der Waals surface area contributed by atoms with Crippen molar-refractivity contribution in [1.82, 2.24) is 10.2 Å². The number of carbonyl (C=O) groups excluding carboxylic acids is 2. The predicted octanol–water partition coefficient (Wildman–Crippen LogP) is 4.77. The van der Waals surface area contributed by atoms with Gasteiger partial charge in [-0.15, -0.1) is 0 Å². The second-order valence-electron chi connectivity index (χ2n) is 7.07. The Morgan fingerprint density at radius 3 is 2.34 bits per heavy atom. The Balaban J connectivity index is 2.14. The van der Waals surface area contributed by atoms with Gasteiger partial charge in [-0.2, -0.15) is 0 Å². The summed E-state index contributed by atoms with van der Waals surface area (Å²) in [6.45, 7) is 6.03. The van der Waals surface area contributed by atoms with Gasteiger partial charge in [-0.25, -0.2) is 0 Å². The average Bonchev–Trinajstić information content (AvgIpc) is 2.70. The predicted molar refractivity (Wildman–Crippen MR) is 119 cm³/mol. The topological polar surface area (TPSA) is 58.6 Å². The zero-order chi connectivity index (χ0) is 21.6.